The number of fused-ring (bicyclic) bond motifs is 1. The fourth-order valence-electron chi connectivity index (χ4n) is 3.90. The van der Waals surface area contributed by atoms with E-state index in [1.54, 1.807) is 36.2 Å². The molecule has 0 aliphatic carbocycles. The van der Waals surface area contributed by atoms with Crippen molar-refractivity contribution in [2.24, 2.45) is 16.5 Å². The number of halogens is 3. The molecule has 1 fully saturated rings. The highest BCUT2D eigenvalue weighted by atomic mass is 19.4. The normalized spacial score (nSPS) is 19.6. The molecule has 0 amide bonds. The highest BCUT2D eigenvalue weighted by Crippen LogP contribution is 2.45. The Morgan fingerprint density at radius 2 is 1.82 bits per heavy atom. The van der Waals surface area contributed by atoms with E-state index in [9.17, 15) is 13.2 Å². The van der Waals surface area contributed by atoms with Crippen molar-refractivity contribution < 1.29 is 13.2 Å². The number of nitrogens with zero attached hydrogens (tertiary/aromatic N) is 3. The molecule has 0 radical (unpaired) electrons. The molecule has 0 saturated carbocycles. The number of hydrogen-bond donors (Lipinski definition) is 2. The smallest absolute Gasteiger partial charge is 0.371 e. The lowest BCUT2D eigenvalue weighted by Crippen LogP contribution is -2.42. The molecule has 0 spiro atoms. The Labute approximate surface area is 161 Å². The summed E-state index contributed by atoms with van der Waals surface area (Å²) in [6.45, 7) is 1.50. The van der Waals surface area contributed by atoms with Gasteiger partial charge < -0.3 is 21.3 Å². The van der Waals surface area contributed by atoms with Crippen LogP contribution < -0.4 is 16.4 Å². The van der Waals surface area contributed by atoms with Crippen molar-refractivity contribution in [2.75, 3.05) is 25.0 Å². The molecule has 2 aromatic carbocycles. The fourth-order valence-corrected chi connectivity index (χ4v) is 3.90. The lowest BCUT2D eigenvalue weighted by atomic mass is 9.94. The molecule has 4 rings (SSSR count). The average molecular weight is 389 g/mol. The van der Waals surface area contributed by atoms with Gasteiger partial charge in [-0.1, -0.05) is 18.2 Å². The molecule has 0 aromatic heterocycles. The minimum Gasteiger partial charge on any atom is -0.371 e. The van der Waals surface area contributed by atoms with E-state index in [0.29, 0.717) is 16.9 Å². The van der Waals surface area contributed by atoms with Crippen molar-refractivity contribution in [1.29, 1.82) is 0 Å². The Balaban J connectivity index is 1.91. The third-order valence-electron chi connectivity index (χ3n) is 5.45. The summed E-state index contributed by atoms with van der Waals surface area (Å²) in [6, 6.07) is 9.44. The van der Waals surface area contributed by atoms with E-state index in [1.165, 1.54) is 6.07 Å². The van der Waals surface area contributed by atoms with Crippen LogP contribution in [0.25, 0.3) is 11.1 Å². The molecule has 1 unspecified atom stereocenters. The van der Waals surface area contributed by atoms with Crippen LogP contribution in [0.2, 0.25) is 0 Å². The predicted octanol–water partition coefficient (Wildman–Crippen LogP) is 3.82. The Morgan fingerprint density at radius 3 is 2.50 bits per heavy atom. The zero-order chi connectivity index (χ0) is 20.1. The molecule has 8 heteroatoms. The van der Waals surface area contributed by atoms with E-state index in [2.05, 4.69) is 4.99 Å². The number of aliphatic imine (C=N–C) groups is 1. The van der Waals surface area contributed by atoms with Gasteiger partial charge in [-0.3, -0.25) is 0 Å². The maximum absolute atomic E-state index is 13.8. The van der Waals surface area contributed by atoms with Crippen LogP contribution in [0.15, 0.2) is 41.4 Å². The van der Waals surface area contributed by atoms with E-state index in [4.69, 9.17) is 11.5 Å². The van der Waals surface area contributed by atoms with E-state index < -0.39 is 17.9 Å². The summed E-state index contributed by atoms with van der Waals surface area (Å²) in [5.74, 6) is 0.237. The van der Waals surface area contributed by atoms with Crippen molar-refractivity contribution in [3.63, 3.8) is 0 Å². The second-order valence-corrected chi connectivity index (χ2v) is 7.19. The number of guanidine groups is 1. The molecule has 2 aromatic rings. The van der Waals surface area contributed by atoms with Gasteiger partial charge in [-0.05, 0) is 36.6 Å². The lowest BCUT2D eigenvalue weighted by molar-refractivity contribution is -0.137. The quantitative estimate of drug-likeness (QED) is 0.819. The first kappa shape index (κ1) is 18.6. The minimum absolute atomic E-state index is 0.181. The van der Waals surface area contributed by atoms with Crippen LogP contribution in [0.5, 0.6) is 0 Å². The average Bonchev–Trinajstić information content (AvgIpc) is 3.19. The van der Waals surface area contributed by atoms with Crippen LogP contribution >= 0.6 is 0 Å². The lowest BCUT2D eigenvalue weighted by Gasteiger charge is -2.31. The van der Waals surface area contributed by atoms with Crippen LogP contribution in [0.4, 0.5) is 24.5 Å². The topological polar surface area (TPSA) is 70.9 Å². The summed E-state index contributed by atoms with van der Waals surface area (Å²) in [4.78, 5) is 7.97. The van der Waals surface area contributed by atoms with Crippen molar-refractivity contribution in [3.05, 3.63) is 47.5 Å². The number of rotatable bonds is 2. The molecule has 28 heavy (non-hydrogen) atoms. The molecule has 5 nitrogen and oxygen atoms in total. The maximum Gasteiger partial charge on any atom is 0.417 e. The summed E-state index contributed by atoms with van der Waals surface area (Å²) < 4.78 is 41.5. The zero-order valence-electron chi connectivity index (χ0n) is 15.5. The van der Waals surface area contributed by atoms with Crippen molar-refractivity contribution in [2.45, 2.75) is 25.2 Å². The first-order valence-electron chi connectivity index (χ1n) is 9.19. The molecule has 2 aliphatic heterocycles. The summed E-state index contributed by atoms with van der Waals surface area (Å²) in [5.41, 5.74) is 13.9. The third kappa shape index (κ3) is 3.07. The SMILES string of the molecule is CN1C(N)=Nc2cc(-c3c(N4CCCC4)cccc3C(F)(F)F)ccc2C1N. The molecule has 2 aliphatic rings. The second-order valence-electron chi connectivity index (χ2n) is 7.19. The number of hydrogen-bond acceptors (Lipinski definition) is 5. The van der Waals surface area contributed by atoms with E-state index >= 15 is 0 Å². The summed E-state index contributed by atoms with van der Waals surface area (Å²) in [5, 5.41) is 0. The van der Waals surface area contributed by atoms with E-state index in [0.717, 1.165) is 37.6 Å². The van der Waals surface area contributed by atoms with Gasteiger partial charge in [0.1, 0.15) is 6.17 Å². The van der Waals surface area contributed by atoms with Gasteiger partial charge in [0.2, 0.25) is 0 Å². The molecule has 1 atom stereocenters. The number of benzene rings is 2. The molecule has 1 saturated heterocycles. The van der Waals surface area contributed by atoms with Crippen LogP contribution in [0.1, 0.15) is 30.1 Å². The highest BCUT2D eigenvalue weighted by Gasteiger charge is 2.36. The van der Waals surface area contributed by atoms with E-state index in [-0.39, 0.29) is 11.5 Å². The van der Waals surface area contributed by atoms with Crippen molar-refractivity contribution in [1.82, 2.24) is 4.90 Å². The van der Waals surface area contributed by atoms with Gasteiger partial charge in [0, 0.05) is 37.0 Å². The monoisotopic (exact) mass is 389 g/mol. The van der Waals surface area contributed by atoms with Gasteiger partial charge in [0.25, 0.3) is 0 Å². The van der Waals surface area contributed by atoms with Crippen molar-refractivity contribution >= 4 is 17.3 Å². The minimum atomic E-state index is -4.46. The van der Waals surface area contributed by atoms with Crippen LogP contribution in [-0.2, 0) is 6.18 Å². The van der Waals surface area contributed by atoms with E-state index in [1.807, 2.05) is 4.90 Å². The summed E-state index contributed by atoms with van der Waals surface area (Å²) in [7, 11) is 1.73. The third-order valence-corrected chi connectivity index (χ3v) is 5.45. The molecular formula is C20H22F3N5. The van der Waals surface area contributed by atoms with Gasteiger partial charge >= 0.3 is 6.18 Å². The molecule has 148 valence electrons. The Bertz CT molecular complexity index is 932. The number of anilines is 1. The first-order chi connectivity index (χ1) is 13.3. The van der Waals surface area contributed by atoms with Gasteiger partial charge in [-0.25, -0.2) is 4.99 Å². The maximum atomic E-state index is 13.8. The zero-order valence-corrected chi connectivity index (χ0v) is 15.5. The fraction of sp³-hybridized carbons (Fsp3) is 0.350. The summed E-state index contributed by atoms with van der Waals surface area (Å²) >= 11 is 0. The van der Waals surface area contributed by atoms with Gasteiger partial charge in [-0.2, -0.15) is 13.2 Å². The van der Waals surface area contributed by atoms with Crippen LogP contribution in [0, 0.1) is 0 Å². The molecular weight excluding hydrogens is 367 g/mol. The van der Waals surface area contributed by atoms with Gasteiger partial charge in [0.15, 0.2) is 5.96 Å². The Morgan fingerprint density at radius 1 is 1.11 bits per heavy atom. The van der Waals surface area contributed by atoms with Crippen LogP contribution in [-0.4, -0.2) is 31.0 Å². The molecule has 2 heterocycles. The summed E-state index contributed by atoms with van der Waals surface area (Å²) in [6.07, 6.45) is -3.00. The number of nitrogens with two attached hydrogens (primary N) is 2. The largest absolute Gasteiger partial charge is 0.417 e. The standard InChI is InChI=1S/C20H22F3N5/c1-27-18(24)13-8-7-12(11-15(13)26-19(27)25)17-14(20(21,22)23)5-4-6-16(17)28-9-2-3-10-28/h4-8,11,18H,2-3,9-10,24H2,1H3,(H2,25,26). The van der Waals surface area contributed by atoms with Crippen molar-refractivity contribution in [3.8, 4) is 11.1 Å². The second kappa shape index (κ2) is 6.70. The van der Waals surface area contributed by atoms with Gasteiger partial charge in [-0.15, -0.1) is 0 Å². The first-order valence-corrected chi connectivity index (χ1v) is 9.19. The highest BCUT2D eigenvalue weighted by molar-refractivity contribution is 5.88. The Kier molecular flexibility index (Phi) is 4.45. The van der Waals surface area contributed by atoms with Gasteiger partial charge in [0.05, 0.1) is 11.3 Å². The molecule has 4 N–H and O–H groups in total. The number of alkyl halides is 3. The predicted molar refractivity (Wildman–Crippen MR) is 104 cm³/mol. The Hall–Kier alpha value is -2.74. The molecule has 0 bridgehead atoms. The van der Waals surface area contributed by atoms with Crippen LogP contribution in [0.3, 0.4) is 0 Å².